The quantitative estimate of drug-likeness (QED) is 0.801. The molecule has 1 aromatic heterocycles. The van der Waals surface area contributed by atoms with Crippen LogP contribution >= 0.6 is 0 Å². The number of rotatable bonds is 5. The van der Waals surface area contributed by atoms with Gasteiger partial charge in [-0.3, -0.25) is 14.3 Å². The molecule has 2 aromatic rings. The highest BCUT2D eigenvalue weighted by atomic mass is 16.2. The van der Waals surface area contributed by atoms with Gasteiger partial charge >= 0.3 is 0 Å². The minimum absolute atomic E-state index is 0.0160. The number of carbonyl (C=O) groups excluding carboxylic acids is 2. The normalized spacial score (nSPS) is 28.3. The van der Waals surface area contributed by atoms with E-state index in [4.69, 9.17) is 0 Å². The molecule has 2 amide bonds. The number of likely N-dealkylation sites (tertiary alicyclic amines) is 1. The zero-order valence-corrected chi connectivity index (χ0v) is 16.5. The average molecular weight is 393 g/mol. The van der Waals surface area contributed by atoms with Gasteiger partial charge in [-0.15, -0.1) is 0 Å². The summed E-state index contributed by atoms with van der Waals surface area (Å²) in [6.45, 7) is 2.17. The highest BCUT2D eigenvalue weighted by molar-refractivity contribution is 5.87. The lowest BCUT2D eigenvalue weighted by atomic mass is 9.87. The number of benzene rings is 1. The van der Waals surface area contributed by atoms with Gasteiger partial charge in [0, 0.05) is 37.3 Å². The zero-order valence-electron chi connectivity index (χ0n) is 16.5. The molecule has 0 bridgehead atoms. The van der Waals surface area contributed by atoms with Crippen LogP contribution in [0.2, 0.25) is 0 Å². The van der Waals surface area contributed by atoms with Crippen LogP contribution < -0.4 is 10.6 Å². The maximum absolute atomic E-state index is 13.3. The van der Waals surface area contributed by atoms with Gasteiger partial charge in [0.25, 0.3) is 0 Å². The molecule has 152 valence electrons. The van der Waals surface area contributed by atoms with Gasteiger partial charge in [-0.25, -0.2) is 0 Å². The second-order valence-corrected chi connectivity index (χ2v) is 8.47. The monoisotopic (exact) mass is 393 g/mol. The number of carbonyl (C=O) groups is 2. The predicted octanol–water partition coefficient (Wildman–Crippen LogP) is 1.24. The molecular formula is C22H27N5O2. The molecular weight excluding hydrogens is 366 g/mol. The molecule has 1 aromatic carbocycles. The van der Waals surface area contributed by atoms with Gasteiger partial charge in [-0.05, 0) is 44.0 Å². The van der Waals surface area contributed by atoms with Crippen molar-refractivity contribution < 1.29 is 9.59 Å². The molecule has 1 aliphatic carbocycles. The summed E-state index contributed by atoms with van der Waals surface area (Å²) in [7, 11) is 0. The number of nitrogens with zero attached hydrogens (tertiary/aromatic N) is 3. The van der Waals surface area contributed by atoms with Crippen LogP contribution in [0.25, 0.3) is 0 Å². The molecule has 7 nitrogen and oxygen atoms in total. The van der Waals surface area contributed by atoms with E-state index in [-0.39, 0.29) is 23.9 Å². The van der Waals surface area contributed by atoms with Crippen LogP contribution in [0.15, 0.2) is 48.8 Å². The molecule has 7 heteroatoms. The molecule has 2 N–H and O–H groups in total. The van der Waals surface area contributed by atoms with Gasteiger partial charge in [0.2, 0.25) is 11.8 Å². The van der Waals surface area contributed by atoms with E-state index in [1.54, 1.807) is 10.9 Å². The highest BCUT2D eigenvalue weighted by Gasteiger charge is 2.49. The predicted molar refractivity (Wildman–Crippen MR) is 108 cm³/mol. The lowest BCUT2D eigenvalue weighted by molar-refractivity contribution is -0.132. The molecule has 3 unspecified atom stereocenters. The first kappa shape index (κ1) is 18.4. The van der Waals surface area contributed by atoms with E-state index in [0.29, 0.717) is 31.7 Å². The third-order valence-corrected chi connectivity index (χ3v) is 6.67. The maximum atomic E-state index is 13.3. The van der Waals surface area contributed by atoms with Gasteiger partial charge < -0.3 is 15.5 Å². The first-order valence-electron chi connectivity index (χ1n) is 10.5. The maximum Gasteiger partial charge on any atom is 0.248 e. The molecule has 0 spiro atoms. The van der Waals surface area contributed by atoms with Crippen molar-refractivity contribution in [2.75, 3.05) is 19.6 Å². The lowest BCUT2D eigenvalue weighted by Gasteiger charge is -2.37. The third kappa shape index (κ3) is 3.33. The first-order chi connectivity index (χ1) is 14.2. The second kappa shape index (κ2) is 7.30. The van der Waals surface area contributed by atoms with Crippen molar-refractivity contribution in [1.29, 1.82) is 0 Å². The van der Waals surface area contributed by atoms with Crippen LogP contribution in [-0.2, 0) is 15.1 Å². The number of piperidine rings is 1. The number of amides is 2. The minimum Gasteiger partial charge on any atom is -0.349 e. The third-order valence-electron chi connectivity index (χ3n) is 6.67. The fourth-order valence-electron chi connectivity index (χ4n) is 4.98. The van der Waals surface area contributed by atoms with E-state index < -0.39 is 5.54 Å². The van der Waals surface area contributed by atoms with Crippen LogP contribution in [0, 0.1) is 0 Å². The molecule has 3 fully saturated rings. The molecule has 29 heavy (non-hydrogen) atoms. The van der Waals surface area contributed by atoms with Crippen molar-refractivity contribution in [2.45, 2.75) is 49.2 Å². The van der Waals surface area contributed by atoms with Crippen molar-refractivity contribution in [3.05, 3.63) is 54.4 Å². The van der Waals surface area contributed by atoms with Crippen molar-refractivity contribution in [1.82, 2.24) is 25.3 Å². The molecule has 5 rings (SSSR count). The lowest BCUT2D eigenvalue weighted by Crippen LogP contribution is -2.56. The number of aromatic nitrogens is 2. The highest BCUT2D eigenvalue weighted by Crippen LogP contribution is 2.46. The molecule has 3 atom stereocenters. The Labute approximate surface area is 170 Å². The van der Waals surface area contributed by atoms with Gasteiger partial charge in [0.15, 0.2) is 0 Å². The summed E-state index contributed by atoms with van der Waals surface area (Å²) >= 11 is 0. The van der Waals surface area contributed by atoms with E-state index in [1.807, 2.05) is 35.4 Å². The molecule has 3 aliphatic rings. The SMILES string of the molecule is O=C1CC(NC(=O)C2(n3cccn3)CCNCC2)CN1C1CC1c1ccccc1. The standard InChI is InChI=1S/C22H27N5O2/c28-20-13-17(15-26(20)19-14-18(19)16-5-2-1-3-6-16)25-21(29)22(7-10-23-11-8-22)27-12-4-9-24-27/h1-6,9,12,17-19,23H,7-8,10-11,13-15H2,(H,25,29). The Bertz CT molecular complexity index is 876. The summed E-state index contributed by atoms with van der Waals surface area (Å²) in [5.41, 5.74) is 0.627. The van der Waals surface area contributed by atoms with Gasteiger partial charge in [-0.2, -0.15) is 5.10 Å². The molecule has 2 saturated heterocycles. The number of nitrogens with one attached hydrogen (secondary N) is 2. The van der Waals surface area contributed by atoms with Crippen molar-refractivity contribution in [3.8, 4) is 0 Å². The Balaban J connectivity index is 1.26. The Morgan fingerprint density at radius 1 is 1.17 bits per heavy atom. The summed E-state index contributed by atoms with van der Waals surface area (Å²) in [5.74, 6) is 0.560. The minimum atomic E-state index is -0.669. The fourth-order valence-corrected chi connectivity index (χ4v) is 4.98. The van der Waals surface area contributed by atoms with Crippen LogP contribution in [0.1, 0.15) is 37.2 Å². The van der Waals surface area contributed by atoms with Gasteiger partial charge in [-0.1, -0.05) is 30.3 Å². The van der Waals surface area contributed by atoms with Crippen LogP contribution in [0.4, 0.5) is 0 Å². The Morgan fingerprint density at radius 3 is 2.69 bits per heavy atom. The van der Waals surface area contributed by atoms with E-state index in [1.165, 1.54) is 5.56 Å². The average Bonchev–Trinajstić information content (AvgIpc) is 3.16. The van der Waals surface area contributed by atoms with E-state index in [9.17, 15) is 9.59 Å². The molecule has 3 heterocycles. The smallest absolute Gasteiger partial charge is 0.248 e. The molecule has 0 radical (unpaired) electrons. The number of hydrogen-bond acceptors (Lipinski definition) is 4. The Morgan fingerprint density at radius 2 is 1.97 bits per heavy atom. The Hall–Kier alpha value is -2.67. The van der Waals surface area contributed by atoms with Crippen LogP contribution in [0.5, 0.6) is 0 Å². The second-order valence-electron chi connectivity index (χ2n) is 8.47. The Kier molecular flexibility index (Phi) is 4.62. The van der Waals surface area contributed by atoms with Crippen LogP contribution in [-0.4, -0.2) is 58.2 Å². The van der Waals surface area contributed by atoms with Crippen LogP contribution in [0.3, 0.4) is 0 Å². The van der Waals surface area contributed by atoms with E-state index >= 15 is 0 Å². The summed E-state index contributed by atoms with van der Waals surface area (Å²) in [5, 5.41) is 10.9. The van der Waals surface area contributed by atoms with E-state index in [0.717, 1.165) is 19.5 Å². The summed E-state index contributed by atoms with van der Waals surface area (Å²) < 4.78 is 1.80. The van der Waals surface area contributed by atoms with E-state index in [2.05, 4.69) is 27.9 Å². The topological polar surface area (TPSA) is 79.3 Å². The number of hydrogen-bond donors (Lipinski definition) is 2. The van der Waals surface area contributed by atoms with Gasteiger partial charge in [0.05, 0.1) is 6.04 Å². The summed E-state index contributed by atoms with van der Waals surface area (Å²) in [6.07, 6.45) is 6.38. The van der Waals surface area contributed by atoms with Crippen molar-refractivity contribution in [2.24, 2.45) is 0 Å². The molecule has 1 saturated carbocycles. The largest absolute Gasteiger partial charge is 0.349 e. The van der Waals surface area contributed by atoms with Crippen molar-refractivity contribution in [3.63, 3.8) is 0 Å². The first-order valence-corrected chi connectivity index (χ1v) is 10.5. The molecule has 2 aliphatic heterocycles. The van der Waals surface area contributed by atoms with Crippen molar-refractivity contribution >= 4 is 11.8 Å². The fraction of sp³-hybridized carbons (Fsp3) is 0.500. The van der Waals surface area contributed by atoms with Gasteiger partial charge in [0.1, 0.15) is 5.54 Å². The zero-order chi connectivity index (χ0) is 19.8. The summed E-state index contributed by atoms with van der Waals surface area (Å²) in [4.78, 5) is 28.0. The summed E-state index contributed by atoms with van der Waals surface area (Å²) in [6, 6.07) is 12.4.